The molecule has 1 N–H and O–H groups in total. The van der Waals surface area contributed by atoms with E-state index in [0.29, 0.717) is 6.04 Å². The number of hydrogen-bond acceptors (Lipinski definition) is 2. The fourth-order valence-electron chi connectivity index (χ4n) is 3.22. The minimum Gasteiger partial charge on any atom is -0.369 e. The van der Waals surface area contributed by atoms with Crippen LogP contribution in [0.1, 0.15) is 25.3 Å². The molecule has 3 rings (SSSR count). The molecule has 2 unspecified atom stereocenters. The molecular formula is C15H22N2. The normalized spacial score (nSPS) is 28.2. The van der Waals surface area contributed by atoms with Gasteiger partial charge >= 0.3 is 0 Å². The van der Waals surface area contributed by atoms with Gasteiger partial charge in [0, 0.05) is 24.8 Å². The maximum atomic E-state index is 3.67. The van der Waals surface area contributed by atoms with E-state index in [2.05, 4.69) is 41.4 Å². The van der Waals surface area contributed by atoms with Crippen molar-refractivity contribution in [3.63, 3.8) is 0 Å². The average Bonchev–Trinajstić information content (AvgIpc) is 2.73. The molecule has 0 saturated carbocycles. The molecule has 0 aliphatic carbocycles. The van der Waals surface area contributed by atoms with Crippen LogP contribution in [0.25, 0.3) is 0 Å². The lowest BCUT2D eigenvalue weighted by molar-refractivity contribution is 0.321. The van der Waals surface area contributed by atoms with Crippen molar-refractivity contribution in [1.82, 2.24) is 5.32 Å². The summed E-state index contributed by atoms with van der Waals surface area (Å²) in [4.78, 5) is 2.56. The topological polar surface area (TPSA) is 15.3 Å². The highest BCUT2D eigenvalue weighted by atomic mass is 15.2. The van der Waals surface area contributed by atoms with E-state index in [1.54, 1.807) is 0 Å². The number of anilines is 1. The van der Waals surface area contributed by atoms with Crippen molar-refractivity contribution in [2.75, 3.05) is 24.5 Å². The molecule has 0 amide bonds. The lowest BCUT2D eigenvalue weighted by atomic mass is 9.94. The quantitative estimate of drug-likeness (QED) is 0.839. The van der Waals surface area contributed by atoms with Gasteiger partial charge in [0.15, 0.2) is 0 Å². The number of rotatable bonds is 2. The van der Waals surface area contributed by atoms with Crippen LogP contribution in [0.3, 0.4) is 0 Å². The minimum atomic E-state index is 0.685. The van der Waals surface area contributed by atoms with Gasteiger partial charge in [-0.2, -0.15) is 0 Å². The Morgan fingerprint density at radius 2 is 2.24 bits per heavy atom. The molecule has 17 heavy (non-hydrogen) atoms. The van der Waals surface area contributed by atoms with Crippen LogP contribution in [0, 0.1) is 5.92 Å². The van der Waals surface area contributed by atoms with Crippen molar-refractivity contribution in [1.29, 1.82) is 0 Å². The molecule has 2 aliphatic heterocycles. The van der Waals surface area contributed by atoms with Crippen LogP contribution in [0.5, 0.6) is 0 Å². The Labute approximate surface area is 104 Å². The number of hydrogen-bond donors (Lipinski definition) is 1. The highest BCUT2D eigenvalue weighted by molar-refractivity contribution is 5.57. The van der Waals surface area contributed by atoms with Gasteiger partial charge in [-0.05, 0) is 43.4 Å². The first-order valence-corrected chi connectivity index (χ1v) is 6.89. The van der Waals surface area contributed by atoms with Gasteiger partial charge in [0.1, 0.15) is 0 Å². The number of fused-ring (bicyclic) bond motifs is 1. The maximum Gasteiger partial charge on any atom is 0.0400 e. The van der Waals surface area contributed by atoms with Crippen LogP contribution in [-0.2, 0) is 6.42 Å². The number of benzene rings is 1. The minimum absolute atomic E-state index is 0.685. The third-order valence-electron chi connectivity index (χ3n) is 4.18. The van der Waals surface area contributed by atoms with Crippen LogP contribution < -0.4 is 10.2 Å². The second kappa shape index (κ2) is 4.69. The third-order valence-corrected chi connectivity index (χ3v) is 4.18. The zero-order chi connectivity index (χ0) is 11.7. The molecule has 2 nitrogen and oxygen atoms in total. The Bertz CT molecular complexity index is 388. The van der Waals surface area contributed by atoms with Gasteiger partial charge < -0.3 is 10.2 Å². The lowest BCUT2D eigenvalue weighted by Gasteiger charge is -2.32. The van der Waals surface area contributed by atoms with Crippen molar-refractivity contribution >= 4 is 5.69 Å². The largest absolute Gasteiger partial charge is 0.369 e. The second-order valence-electron chi connectivity index (χ2n) is 5.61. The third kappa shape index (κ3) is 2.32. The summed E-state index contributed by atoms with van der Waals surface area (Å²) in [7, 11) is 0. The van der Waals surface area contributed by atoms with E-state index >= 15 is 0 Å². The van der Waals surface area contributed by atoms with Gasteiger partial charge in [0.25, 0.3) is 0 Å². The zero-order valence-corrected chi connectivity index (χ0v) is 10.7. The first-order chi connectivity index (χ1) is 8.33. The van der Waals surface area contributed by atoms with Gasteiger partial charge in [0.05, 0.1) is 0 Å². The summed E-state index contributed by atoms with van der Waals surface area (Å²) >= 11 is 0. The molecule has 0 radical (unpaired) electrons. The molecule has 1 fully saturated rings. The summed E-state index contributed by atoms with van der Waals surface area (Å²) in [6.45, 7) is 5.96. The van der Waals surface area contributed by atoms with Crippen molar-refractivity contribution in [2.24, 2.45) is 5.92 Å². The summed E-state index contributed by atoms with van der Waals surface area (Å²) in [5.74, 6) is 0.888. The van der Waals surface area contributed by atoms with E-state index in [-0.39, 0.29) is 0 Å². The molecule has 2 aliphatic rings. The molecule has 0 spiro atoms. The molecule has 1 saturated heterocycles. The zero-order valence-electron chi connectivity index (χ0n) is 10.7. The number of para-hydroxylation sites is 1. The van der Waals surface area contributed by atoms with Crippen LogP contribution in [0.2, 0.25) is 0 Å². The summed E-state index contributed by atoms with van der Waals surface area (Å²) in [5.41, 5.74) is 2.99. The Morgan fingerprint density at radius 1 is 1.35 bits per heavy atom. The average molecular weight is 230 g/mol. The molecule has 0 bridgehead atoms. The Kier molecular flexibility index (Phi) is 3.06. The molecule has 0 aromatic heterocycles. The van der Waals surface area contributed by atoms with E-state index in [1.807, 2.05) is 0 Å². The number of nitrogens with one attached hydrogen (secondary N) is 1. The van der Waals surface area contributed by atoms with Crippen LogP contribution in [-0.4, -0.2) is 25.7 Å². The van der Waals surface area contributed by atoms with E-state index in [4.69, 9.17) is 0 Å². The first kappa shape index (κ1) is 11.1. The molecule has 2 heteroatoms. The fraction of sp³-hybridized carbons (Fsp3) is 0.600. The van der Waals surface area contributed by atoms with E-state index in [9.17, 15) is 0 Å². The molecule has 2 atom stereocenters. The van der Waals surface area contributed by atoms with Crippen LogP contribution in [0.4, 0.5) is 5.69 Å². The summed E-state index contributed by atoms with van der Waals surface area (Å²) in [6, 6.07) is 9.54. The maximum absolute atomic E-state index is 3.67. The smallest absolute Gasteiger partial charge is 0.0400 e. The van der Waals surface area contributed by atoms with Crippen LogP contribution >= 0.6 is 0 Å². The first-order valence-electron chi connectivity index (χ1n) is 6.89. The highest BCUT2D eigenvalue weighted by Crippen LogP contribution is 2.28. The van der Waals surface area contributed by atoms with Crippen molar-refractivity contribution in [2.45, 2.75) is 32.2 Å². The Balaban J connectivity index is 1.67. The van der Waals surface area contributed by atoms with E-state index in [0.717, 1.165) is 5.92 Å². The van der Waals surface area contributed by atoms with Gasteiger partial charge in [-0.1, -0.05) is 25.1 Å². The van der Waals surface area contributed by atoms with E-state index < -0.39 is 0 Å². The molecule has 92 valence electrons. The van der Waals surface area contributed by atoms with Gasteiger partial charge in [-0.3, -0.25) is 0 Å². The van der Waals surface area contributed by atoms with Gasteiger partial charge in [-0.25, -0.2) is 0 Å². The molecule has 1 aromatic rings. The predicted octanol–water partition coefficient (Wildman–Crippen LogP) is 2.44. The number of piperidine rings is 1. The fourth-order valence-corrected chi connectivity index (χ4v) is 3.22. The summed E-state index contributed by atoms with van der Waals surface area (Å²) in [5, 5.41) is 3.67. The standard InChI is InChI=1S/C15H22N2/c1-12-6-8-16-14(10-12)11-17-9-7-13-4-2-3-5-15(13)17/h2-5,12,14,16H,6-11H2,1H3. The number of nitrogens with zero attached hydrogens (tertiary/aromatic N) is 1. The molecule has 1 aromatic carbocycles. The van der Waals surface area contributed by atoms with Crippen molar-refractivity contribution < 1.29 is 0 Å². The van der Waals surface area contributed by atoms with Gasteiger partial charge in [0.2, 0.25) is 0 Å². The Hall–Kier alpha value is -1.02. The lowest BCUT2D eigenvalue weighted by Crippen LogP contribution is -2.45. The van der Waals surface area contributed by atoms with E-state index in [1.165, 1.54) is 50.1 Å². The van der Waals surface area contributed by atoms with Gasteiger partial charge in [-0.15, -0.1) is 0 Å². The van der Waals surface area contributed by atoms with Crippen molar-refractivity contribution in [3.05, 3.63) is 29.8 Å². The molecule has 2 heterocycles. The SMILES string of the molecule is CC1CCNC(CN2CCc3ccccc32)C1. The van der Waals surface area contributed by atoms with Crippen molar-refractivity contribution in [3.8, 4) is 0 Å². The highest BCUT2D eigenvalue weighted by Gasteiger charge is 2.24. The Morgan fingerprint density at radius 3 is 3.12 bits per heavy atom. The van der Waals surface area contributed by atoms with Crippen LogP contribution in [0.15, 0.2) is 24.3 Å². The second-order valence-corrected chi connectivity index (χ2v) is 5.61. The summed E-state index contributed by atoms with van der Waals surface area (Å²) in [6.07, 6.45) is 3.89. The molecular weight excluding hydrogens is 208 g/mol. The monoisotopic (exact) mass is 230 g/mol. The predicted molar refractivity (Wildman–Crippen MR) is 72.5 cm³/mol. The summed E-state index contributed by atoms with van der Waals surface area (Å²) < 4.78 is 0.